The van der Waals surface area contributed by atoms with Gasteiger partial charge in [-0.15, -0.1) is 0 Å². The zero-order valence-corrected chi connectivity index (χ0v) is 23.5. The zero-order valence-electron chi connectivity index (χ0n) is 21.9. The third kappa shape index (κ3) is 8.14. The van der Waals surface area contributed by atoms with Gasteiger partial charge in [-0.05, 0) is 64.3 Å². The molecule has 2 rings (SSSR count). The van der Waals surface area contributed by atoms with Gasteiger partial charge in [0.1, 0.15) is 24.2 Å². The van der Waals surface area contributed by atoms with Crippen LogP contribution in [-0.4, -0.2) is 46.7 Å². The minimum absolute atomic E-state index is 0.0786. The Morgan fingerprint density at radius 1 is 1.14 bits per heavy atom. The molecule has 0 bridgehead atoms. The highest BCUT2D eigenvalue weighted by Gasteiger charge is 2.37. The van der Waals surface area contributed by atoms with Crippen LogP contribution in [-0.2, 0) is 14.3 Å². The number of hydrogen-bond donors (Lipinski definition) is 3. The second-order valence-corrected chi connectivity index (χ2v) is 10.5. The third-order valence-corrected chi connectivity index (χ3v) is 6.14. The predicted octanol–water partition coefficient (Wildman–Crippen LogP) is 5.12. The van der Waals surface area contributed by atoms with Gasteiger partial charge in [0.25, 0.3) is 5.91 Å². The highest BCUT2D eigenvalue weighted by atomic mass is 35.5. The van der Waals surface area contributed by atoms with E-state index in [4.69, 9.17) is 16.3 Å². The molecule has 0 aliphatic carbocycles. The number of carbonyl (C=O) groups is 3. The molecule has 2 unspecified atom stereocenters. The summed E-state index contributed by atoms with van der Waals surface area (Å²) in [6.07, 6.45) is -0.809. The largest absolute Gasteiger partial charge is 0.444 e. The molecule has 0 saturated heterocycles. The fraction of sp³-hybridized carbons (Fsp3) is 0.407. The van der Waals surface area contributed by atoms with Gasteiger partial charge in [0.2, 0.25) is 5.91 Å². The minimum atomic E-state index is -1.19. The number of halogens is 1. The van der Waals surface area contributed by atoms with Crippen molar-refractivity contribution in [1.82, 2.24) is 10.2 Å². The number of benzene rings is 2. The number of ether oxygens (including phenoxy) is 1. The number of nitrogens with one attached hydrogen (secondary N) is 2. The van der Waals surface area contributed by atoms with Crippen molar-refractivity contribution < 1.29 is 19.1 Å². The van der Waals surface area contributed by atoms with Gasteiger partial charge in [0.15, 0.2) is 0 Å². The number of nitrogens with zero attached hydrogens (tertiary/aromatic N) is 2. The van der Waals surface area contributed by atoms with Crippen LogP contribution in [0, 0.1) is 32.1 Å². The van der Waals surface area contributed by atoms with Gasteiger partial charge in [0.05, 0.1) is 16.8 Å². The van der Waals surface area contributed by atoms with Crippen molar-refractivity contribution in [2.24, 2.45) is 0 Å². The highest BCUT2D eigenvalue weighted by molar-refractivity contribution is 7.80. The molecule has 37 heavy (non-hydrogen) atoms. The Balaban J connectivity index is 2.56. The topological polar surface area (TPSA) is 112 Å². The molecule has 2 atom stereocenters. The Kier molecular flexibility index (Phi) is 10.4. The van der Waals surface area contributed by atoms with E-state index in [1.54, 1.807) is 52.0 Å². The Morgan fingerprint density at radius 3 is 2.38 bits per heavy atom. The molecular weight excluding hydrogens is 512 g/mol. The van der Waals surface area contributed by atoms with E-state index in [1.165, 1.54) is 0 Å². The van der Waals surface area contributed by atoms with Crippen molar-refractivity contribution in [3.63, 3.8) is 0 Å². The van der Waals surface area contributed by atoms with E-state index in [-0.39, 0.29) is 5.75 Å². The number of para-hydroxylation sites is 1. The summed E-state index contributed by atoms with van der Waals surface area (Å²) < 4.78 is 5.28. The number of rotatable bonds is 8. The molecular formula is C27H33ClN4O4S. The molecule has 8 nitrogen and oxygen atoms in total. The minimum Gasteiger partial charge on any atom is -0.444 e. The second kappa shape index (κ2) is 12.8. The van der Waals surface area contributed by atoms with Gasteiger partial charge in [-0.3, -0.25) is 9.59 Å². The lowest BCUT2D eigenvalue weighted by Crippen LogP contribution is -2.53. The predicted molar refractivity (Wildman–Crippen MR) is 148 cm³/mol. The van der Waals surface area contributed by atoms with Gasteiger partial charge < -0.3 is 20.3 Å². The first kappa shape index (κ1) is 30.0. The molecule has 0 spiro atoms. The van der Waals surface area contributed by atoms with E-state index < -0.39 is 42.1 Å². The highest BCUT2D eigenvalue weighted by Crippen LogP contribution is 2.31. The maximum absolute atomic E-state index is 13.8. The summed E-state index contributed by atoms with van der Waals surface area (Å²) in [5, 5.41) is 15.3. The Morgan fingerprint density at radius 2 is 1.81 bits per heavy atom. The van der Waals surface area contributed by atoms with Crippen molar-refractivity contribution >= 4 is 47.8 Å². The molecule has 0 radical (unpaired) electrons. The summed E-state index contributed by atoms with van der Waals surface area (Å²) in [6, 6.07) is 10.4. The fourth-order valence-electron chi connectivity index (χ4n) is 3.70. The number of amides is 3. The molecule has 0 aliphatic rings. The number of aryl methyl sites for hydroxylation is 3. The van der Waals surface area contributed by atoms with Gasteiger partial charge >= 0.3 is 6.09 Å². The van der Waals surface area contributed by atoms with E-state index in [1.807, 2.05) is 32.0 Å². The van der Waals surface area contributed by atoms with Crippen LogP contribution in [0.2, 0.25) is 5.02 Å². The average molecular weight is 545 g/mol. The van der Waals surface area contributed by atoms with Gasteiger partial charge in [-0.25, -0.2) is 4.79 Å². The van der Waals surface area contributed by atoms with Crippen LogP contribution in [0.4, 0.5) is 10.5 Å². The van der Waals surface area contributed by atoms with Crippen LogP contribution in [0.15, 0.2) is 36.4 Å². The first-order valence-corrected chi connectivity index (χ1v) is 12.7. The van der Waals surface area contributed by atoms with Crippen molar-refractivity contribution in [2.75, 3.05) is 17.6 Å². The summed E-state index contributed by atoms with van der Waals surface area (Å²) in [4.78, 5) is 41.1. The van der Waals surface area contributed by atoms with E-state index in [0.29, 0.717) is 16.3 Å². The van der Waals surface area contributed by atoms with E-state index in [9.17, 15) is 19.6 Å². The third-order valence-electron chi connectivity index (χ3n) is 5.46. The zero-order chi connectivity index (χ0) is 27.9. The fourth-order valence-corrected chi connectivity index (χ4v) is 4.21. The van der Waals surface area contributed by atoms with Crippen LogP contribution in [0.3, 0.4) is 0 Å². The molecule has 198 valence electrons. The van der Waals surface area contributed by atoms with E-state index in [2.05, 4.69) is 23.3 Å². The van der Waals surface area contributed by atoms with Gasteiger partial charge in [-0.2, -0.15) is 17.9 Å². The summed E-state index contributed by atoms with van der Waals surface area (Å²) in [6.45, 7) is 10.2. The van der Waals surface area contributed by atoms with Gasteiger partial charge in [0, 0.05) is 5.75 Å². The SMILES string of the molecule is Cc1ccc(C)c(C(C(=O)Nc2c(C)cccc2Cl)N(CC#N)C(=O)C(CS)NC(=O)OC(C)(C)C)c1. The molecule has 0 aliphatic heterocycles. The smallest absolute Gasteiger partial charge is 0.408 e. The standard InChI is InChI=1S/C27H33ClN4O4S/c1-16-10-11-17(2)19(14-16)23(24(33)31-22-18(3)8-7-9-20(22)28)32(13-12-29)25(34)21(15-37)30-26(35)36-27(4,5)6/h7-11,14,21,23,37H,13,15H2,1-6H3,(H,30,35)(H,31,33). The lowest BCUT2D eigenvalue weighted by atomic mass is 9.96. The first-order valence-electron chi connectivity index (χ1n) is 11.7. The molecule has 3 amide bonds. The number of thiol groups is 1. The molecule has 10 heteroatoms. The van der Waals surface area contributed by atoms with Crippen LogP contribution >= 0.6 is 24.2 Å². The van der Waals surface area contributed by atoms with E-state index in [0.717, 1.165) is 21.6 Å². The van der Waals surface area contributed by atoms with Gasteiger partial charge in [-0.1, -0.05) is 47.5 Å². The molecule has 0 aromatic heterocycles. The molecule has 0 saturated carbocycles. The monoisotopic (exact) mass is 544 g/mol. The van der Waals surface area contributed by atoms with E-state index >= 15 is 0 Å². The Bertz CT molecular complexity index is 1190. The van der Waals surface area contributed by atoms with Crippen molar-refractivity contribution in [3.8, 4) is 6.07 Å². The van der Waals surface area contributed by atoms with Crippen LogP contribution in [0.1, 0.15) is 49.1 Å². The summed E-state index contributed by atoms with van der Waals surface area (Å²) in [5.74, 6) is -1.28. The van der Waals surface area contributed by atoms with Crippen molar-refractivity contribution in [3.05, 3.63) is 63.7 Å². The summed E-state index contributed by atoms with van der Waals surface area (Å²) >= 11 is 10.6. The number of alkyl carbamates (subject to hydrolysis) is 1. The number of nitriles is 1. The maximum Gasteiger partial charge on any atom is 0.408 e. The summed E-state index contributed by atoms with van der Waals surface area (Å²) in [5.41, 5.74) is 2.52. The molecule has 0 fully saturated rings. The quantitative estimate of drug-likeness (QED) is 0.315. The number of hydrogen-bond acceptors (Lipinski definition) is 6. The lowest BCUT2D eigenvalue weighted by molar-refractivity contribution is -0.139. The molecule has 2 aromatic rings. The second-order valence-electron chi connectivity index (χ2n) is 9.69. The number of carbonyl (C=O) groups excluding carboxylic acids is 3. The van der Waals surface area contributed by atoms with Crippen LogP contribution in [0.5, 0.6) is 0 Å². The lowest BCUT2D eigenvalue weighted by Gasteiger charge is -2.33. The van der Waals surface area contributed by atoms with Crippen molar-refractivity contribution in [2.45, 2.75) is 59.2 Å². The maximum atomic E-state index is 13.8. The van der Waals surface area contributed by atoms with Crippen LogP contribution in [0.25, 0.3) is 0 Å². The Hall–Kier alpha value is -3.22. The molecule has 2 N–H and O–H groups in total. The Labute approximate surface area is 228 Å². The van der Waals surface area contributed by atoms with Crippen LogP contribution < -0.4 is 10.6 Å². The first-order chi connectivity index (χ1) is 17.3. The normalized spacial score (nSPS) is 12.6. The molecule has 0 heterocycles. The van der Waals surface area contributed by atoms with Crippen molar-refractivity contribution in [1.29, 1.82) is 5.26 Å². The number of anilines is 1. The molecule has 2 aromatic carbocycles. The summed E-state index contributed by atoms with van der Waals surface area (Å²) in [7, 11) is 0. The average Bonchev–Trinajstić information content (AvgIpc) is 2.80.